The number of thioether (sulfide) groups is 1. The van der Waals surface area contributed by atoms with Crippen LogP contribution in [-0.4, -0.2) is 40.7 Å². The van der Waals surface area contributed by atoms with E-state index in [1.165, 1.54) is 22.7 Å². The Morgan fingerprint density at radius 1 is 1.50 bits per heavy atom. The number of aryl methyl sites for hydroxylation is 1. The molecular formula is C14H16BrNO3S. The standard InChI is InChI=1S/C14H16BrNO3S/c1-3-6-16(8-14(18)19)13(17)9-20-12-5-4-11(15)7-10(12)2/h3-5,7H,1,6,8-9H2,2H3,(H,18,19). The second-order valence-electron chi connectivity index (χ2n) is 4.16. The molecule has 108 valence electrons. The lowest BCUT2D eigenvalue weighted by molar-refractivity contribution is -0.143. The van der Waals surface area contributed by atoms with Gasteiger partial charge in [0.2, 0.25) is 5.91 Å². The zero-order chi connectivity index (χ0) is 15.1. The van der Waals surface area contributed by atoms with Gasteiger partial charge in [-0.2, -0.15) is 0 Å². The molecule has 0 fully saturated rings. The third kappa shape index (κ3) is 5.38. The maximum absolute atomic E-state index is 12.0. The highest BCUT2D eigenvalue weighted by atomic mass is 79.9. The number of benzene rings is 1. The molecule has 1 aromatic rings. The molecular weight excluding hydrogens is 342 g/mol. The van der Waals surface area contributed by atoms with Crippen molar-refractivity contribution in [2.75, 3.05) is 18.8 Å². The van der Waals surface area contributed by atoms with Gasteiger partial charge in [0.1, 0.15) is 6.54 Å². The lowest BCUT2D eigenvalue weighted by Gasteiger charge is -2.18. The van der Waals surface area contributed by atoms with E-state index in [1.807, 2.05) is 25.1 Å². The van der Waals surface area contributed by atoms with Crippen LogP contribution >= 0.6 is 27.7 Å². The third-order valence-electron chi connectivity index (χ3n) is 2.52. The van der Waals surface area contributed by atoms with E-state index in [0.717, 1.165) is 14.9 Å². The van der Waals surface area contributed by atoms with Crippen LogP contribution in [0.1, 0.15) is 5.56 Å². The third-order valence-corrected chi connectivity index (χ3v) is 4.17. The van der Waals surface area contributed by atoms with Crippen molar-refractivity contribution < 1.29 is 14.7 Å². The Hall–Kier alpha value is -1.27. The first kappa shape index (κ1) is 16.8. The van der Waals surface area contributed by atoms with Crippen LogP contribution in [0.5, 0.6) is 0 Å². The first-order valence-corrected chi connectivity index (χ1v) is 7.71. The SMILES string of the molecule is C=CCN(CC(=O)O)C(=O)CSc1ccc(Br)cc1C. The Balaban J connectivity index is 2.64. The minimum absolute atomic E-state index is 0.209. The van der Waals surface area contributed by atoms with Crippen molar-refractivity contribution in [3.63, 3.8) is 0 Å². The molecule has 0 aliphatic heterocycles. The van der Waals surface area contributed by atoms with E-state index in [4.69, 9.17) is 5.11 Å². The molecule has 0 spiro atoms. The molecule has 0 aliphatic carbocycles. The number of carboxylic acid groups (broad SMARTS) is 1. The van der Waals surface area contributed by atoms with Crippen molar-refractivity contribution in [2.45, 2.75) is 11.8 Å². The first-order chi connectivity index (χ1) is 9.43. The van der Waals surface area contributed by atoms with Gasteiger partial charge in [-0.05, 0) is 30.7 Å². The van der Waals surface area contributed by atoms with Crippen LogP contribution in [0.25, 0.3) is 0 Å². The van der Waals surface area contributed by atoms with Gasteiger partial charge in [0.15, 0.2) is 0 Å². The molecule has 0 saturated heterocycles. The molecule has 4 nitrogen and oxygen atoms in total. The number of hydrogen-bond acceptors (Lipinski definition) is 3. The van der Waals surface area contributed by atoms with Crippen molar-refractivity contribution in [3.05, 3.63) is 40.9 Å². The minimum Gasteiger partial charge on any atom is -0.480 e. The number of carbonyl (C=O) groups is 2. The zero-order valence-corrected chi connectivity index (χ0v) is 13.5. The minimum atomic E-state index is -1.02. The fraction of sp³-hybridized carbons (Fsp3) is 0.286. The van der Waals surface area contributed by atoms with Gasteiger partial charge < -0.3 is 10.0 Å². The van der Waals surface area contributed by atoms with Crippen molar-refractivity contribution in [2.24, 2.45) is 0 Å². The zero-order valence-electron chi connectivity index (χ0n) is 11.1. The molecule has 0 bridgehead atoms. The van der Waals surface area contributed by atoms with Gasteiger partial charge in [0.05, 0.1) is 5.75 Å². The number of carboxylic acids is 1. The Morgan fingerprint density at radius 2 is 2.20 bits per heavy atom. The summed E-state index contributed by atoms with van der Waals surface area (Å²) in [5.74, 6) is -1.02. The van der Waals surface area contributed by atoms with Crippen LogP contribution in [0, 0.1) is 6.92 Å². The molecule has 0 saturated carbocycles. The predicted octanol–water partition coefficient (Wildman–Crippen LogP) is 2.95. The molecule has 20 heavy (non-hydrogen) atoms. The number of halogens is 1. The molecule has 1 amide bonds. The van der Waals surface area contributed by atoms with Gasteiger partial charge >= 0.3 is 5.97 Å². The van der Waals surface area contributed by atoms with Crippen LogP contribution in [0.15, 0.2) is 40.2 Å². The average Bonchev–Trinajstić information content (AvgIpc) is 2.36. The van der Waals surface area contributed by atoms with Crippen molar-refractivity contribution in [1.29, 1.82) is 0 Å². The number of aliphatic carboxylic acids is 1. The maximum Gasteiger partial charge on any atom is 0.323 e. The summed E-state index contributed by atoms with van der Waals surface area (Å²) in [5, 5.41) is 8.78. The molecule has 0 aliphatic rings. The molecule has 0 aromatic heterocycles. The molecule has 0 heterocycles. The van der Waals surface area contributed by atoms with E-state index in [9.17, 15) is 9.59 Å². The van der Waals surface area contributed by atoms with Crippen molar-refractivity contribution in [1.82, 2.24) is 4.90 Å². The molecule has 0 unspecified atom stereocenters. The number of nitrogens with zero attached hydrogens (tertiary/aromatic N) is 1. The molecule has 6 heteroatoms. The molecule has 1 rings (SSSR count). The summed E-state index contributed by atoms with van der Waals surface area (Å²) in [7, 11) is 0. The van der Waals surface area contributed by atoms with Gasteiger partial charge in [0, 0.05) is 15.9 Å². The van der Waals surface area contributed by atoms with Crippen LogP contribution in [0.2, 0.25) is 0 Å². The summed E-state index contributed by atoms with van der Waals surface area (Å²) < 4.78 is 0.991. The van der Waals surface area contributed by atoms with Crippen LogP contribution < -0.4 is 0 Å². The lowest BCUT2D eigenvalue weighted by Crippen LogP contribution is -2.36. The second kappa shape index (κ2) is 8.11. The second-order valence-corrected chi connectivity index (χ2v) is 6.09. The quantitative estimate of drug-likeness (QED) is 0.602. The highest BCUT2D eigenvalue weighted by Gasteiger charge is 2.15. The van der Waals surface area contributed by atoms with Gasteiger partial charge in [0.25, 0.3) is 0 Å². The maximum atomic E-state index is 12.0. The van der Waals surface area contributed by atoms with E-state index in [-0.39, 0.29) is 24.7 Å². The Kier molecular flexibility index (Phi) is 6.81. The highest BCUT2D eigenvalue weighted by Crippen LogP contribution is 2.25. The monoisotopic (exact) mass is 357 g/mol. The van der Waals surface area contributed by atoms with Crippen LogP contribution in [0.3, 0.4) is 0 Å². The van der Waals surface area contributed by atoms with Crippen molar-refractivity contribution >= 4 is 39.6 Å². The topological polar surface area (TPSA) is 57.6 Å². The van der Waals surface area contributed by atoms with Crippen LogP contribution in [0.4, 0.5) is 0 Å². The summed E-state index contributed by atoms with van der Waals surface area (Å²) in [5.41, 5.74) is 1.07. The van der Waals surface area contributed by atoms with E-state index in [0.29, 0.717) is 0 Å². The predicted molar refractivity (Wildman–Crippen MR) is 84.0 cm³/mol. The number of carbonyl (C=O) groups excluding carboxylic acids is 1. The van der Waals surface area contributed by atoms with E-state index >= 15 is 0 Å². The van der Waals surface area contributed by atoms with Gasteiger partial charge in [-0.25, -0.2) is 0 Å². The molecule has 0 atom stereocenters. The first-order valence-electron chi connectivity index (χ1n) is 5.93. The van der Waals surface area contributed by atoms with E-state index in [1.54, 1.807) is 0 Å². The number of rotatable bonds is 7. The number of hydrogen-bond donors (Lipinski definition) is 1. The lowest BCUT2D eigenvalue weighted by atomic mass is 10.2. The Morgan fingerprint density at radius 3 is 2.75 bits per heavy atom. The van der Waals surface area contributed by atoms with Gasteiger partial charge in [-0.3, -0.25) is 9.59 Å². The number of amides is 1. The summed E-state index contributed by atoms with van der Waals surface area (Å²) in [6, 6.07) is 5.83. The van der Waals surface area contributed by atoms with Crippen LogP contribution in [-0.2, 0) is 9.59 Å². The summed E-state index contributed by atoms with van der Waals surface area (Å²) in [6.45, 7) is 5.44. The van der Waals surface area contributed by atoms with E-state index < -0.39 is 5.97 Å². The Labute approximate surface area is 131 Å². The largest absolute Gasteiger partial charge is 0.480 e. The molecule has 1 N–H and O–H groups in total. The fourth-order valence-electron chi connectivity index (χ4n) is 1.58. The van der Waals surface area contributed by atoms with Gasteiger partial charge in [-0.1, -0.05) is 22.0 Å². The van der Waals surface area contributed by atoms with E-state index in [2.05, 4.69) is 22.5 Å². The smallest absolute Gasteiger partial charge is 0.323 e. The normalized spacial score (nSPS) is 10.1. The summed E-state index contributed by atoms with van der Waals surface area (Å²) in [4.78, 5) is 25.0. The van der Waals surface area contributed by atoms with Crippen molar-refractivity contribution in [3.8, 4) is 0 Å². The van der Waals surface area contributed by atoms with Gasteiger partial charge in [-0.15, -0.1) is 18.3 Å². The Bertz CT molecular complexity index is 519. The molecule has 1 aromatic carbocycles. The fourth-order valence-corrected chi connectivity index (χ4v) is 2.97. The average molecular weight is 358 g/mol. The summed E-state index contributed by atoms with van der Waals surface area (Å²) in [6.07, 6.45) is 1.52. The highest BCUT2D eigenvalue weighted by molar-refractivity contribution is 9.10. The molecule has 0 radical (unpaired) electrons. The summed E-state index contributed by atoms with van der Waals surface area (Å²) >= 11 is 4.79.